The highest BCUT2D eigenvalue weighted by molar-refractivity contribution is 5.88. The first-order valence-corrected chi connectivity index (χ1v) is 19.7. The van der Waals surface area contributed by atoms with Crippen LogP contribution >= 0.6 is 0 Å². The van der Waals surface area contributed by atoms with Crippen LogP contribution in [0.1, 0.15) is 48.8 Å². The Labute approximate surface area is 317 Å². The molecule has 0 atom stereocenters. The number of hydrogen-bond acceptors (Lipinski definition) is 2. The fourth-order valence-corrected chi connectivity index (χ4v) is 11.4. The lowest BCUT2D eigenvalue weighted by molar-refractivity contribution is -0.0399. The number of rotatable bonds is 5. The normalized spacial score (nSPS) is 22.9. The van der Waals surface area contributed by atoms with Crippen LogP contribution in [0.4, 0.5) is 0 Å². The van der Waals surface area contributed by atoms with Crippen LogP contribution in [0.25, 0.3) is 67.0 Å². The second-order valence-corrected chi connectivity index (χ2v) is 16.3. The van der Waals surface area contributed by atoms with Crippen LogP contribution in [0.3, 0.4) is 0 Å². The molecule has 6 aromatic carbocycles. The van der Waals surface area contributed by atoms with Crippen LogP contribution in [0.2, 0.25) is 0 Å². The Balaban J connectivity index is 1.04. The molecule has 5 aliphatic carbocycles. The van der Waals surface area contributed by atoms with E-state index in [9.17, 15) is 5.26 Å². The highest BCUT2D eigenvalue weighted by Gasteiger charge is 2.61. The summed E-state index contributed by atoms with van der Waals surface area (Å²) in [6.45, 7) is 0. The molecular weight excluding hydrogens is 653 g/mol. The summed E-state index contributed by atoms with van der Waals surface area (Å²) < 4.78 is 0. The molecule has 4 fully saturated rings. The maximum Gasteiger partial charge on any atom is 0.0991 e. The van der Waals surface area contributed by atoms with Crippen molar-refractivity contribution in [2.45, 2.75) is 37.5 Å². The molecule has 0 unspecified atom stereocenters. The largest absolute Gasteiger partial charge is 0.248 e. The number of nitriles is 1. The SMILES string of the molecule is N#Cc1ccc(-c2ccc3c(c2)C2(c4cc(-c5cccc(-c6cc(-c7ccccc7)nc(-c7ccccc7)c6)c5)ccc4-3)C3CC4CC(C3)CC2C4)cc1. The van der Waals surface area contributed by atoms with Crippen molar-refractivity contribution >= 4 is 0 Å². The Bertz CT molecular complexity index is 2530. The van der Waals surface area contributed by atoms with Gasteiger partial charge in [-0.25, -0.2) is 4.98 Å². The summed E-state index contributed by atoms with van der Waals surface area (Å²) in [6.07, 6.45) is 6.84. The van der Waals surface area contributed by atoms with Crippen LogP contribution in [-0.2, 0) is 5.41 Å². The Morgan fingerprint density at radius 3 is 1.43 bits per heavy atom. The van der Waals surface area contributed by atoms with E-state index < -0.39 is 0 Å². The monoisotopic (exact) mass is 692 g/mol. The van der Waals surface area contributed by atoms with Crippen molar-refractivity contribution in [2.75, 3.05) is 0 Å². The zero-order valence-corrected chi connectivity index (χ0v) is 30.3. The molecule has 1 aromatic heterocycles. The molecule has 0 radical (unpaired) electrons. The molecular formula is C52H40N2. The molecule has 7 aromatic rings. The van der Waals surface area contributed by atoms with Gasteiger partial charge in [-0.1, -0.05) is 115 Å². The molecule has 0 amide bonds. The summed E-state index contributed by atoms with van der Waals surface area (Å²) in [5, 5.41) is 9.44. The average molecular weight is 693 g/mol. The van der Waals surface area contributed by atoms with Gasteiger partial charge < -0.3 is 0 Å². The Morgan fingerprint density at radius 1 is 0.426 bits per heavy atom. The summed E-state index contributed by atoms with van der Waals surface area (Å²) in [4.78, 5) is 5.14. The van der Waals surface area contributed by atoms with Crippen molar-refractivity contribution in [1.82, 2.24) is 4.98 Å². The topological polar surface area (TPSA) is 36.7 Å². The minimum absolute atomic E-state index is 0.0502. The van der Waals surface area contributed by atoms with Crippen LogP contribution in [0.5, 0.6) is 0 Å². The van der Waals surface area contributed by atoms with Crippen molar-refractivity contribution in [3.63, 3.8) is 0 Å². The van der Waals surface area contributed by atoms with Gasteiger partial charge in [0.1, 0.15) is 0 Å². The van der Waals surface area contributed by atoms with Gasteiger partial charge in [0.15, 0.2) is 0 Å². The van der Waals surface area contributed by atoms with E-state index >= 15 is 0 Å². The summed E-state index contributed by atoms with van der Waals surface area (Å²) >= 11 is 0. The smallest absolute Gasteiger partial charge is 0.0991 e. The molecule has 2 nitrogen and oxygen atoms in total. The van der Waals surface area contributed by atoms with Gasteiger partial charge >= 0.3 is 0 Å². The molecule has 4 bridgehead atoms. The lowest BCUT2D eigenvalue weighted by atomic mass is 9.43. The minimum atomic E-state index is 0.0502. The minimum Gasteiger partial charge on any atom is -0.248 e. The molecule has 0 aliphatic heterocycles. The second kappa shape index (κ2) is 12.3. The number of pyridine rings is 1. The van der Waals surface area contributed by atoms with Crippen LogP contribution in [-0.4, -0.2) is 4.98 Å². The second-order valence-electron chi connectivity index (χ2n) is 16.3. The lowest BCUT2D eigenvalue weighted by Gasteiger charge is -2.61. The molecule has 4 saturated carbocycles. The summed E-state index contributed by atoms with van der Waals surface area (Å²) in [6, 6.07) is 59.7. The molecule has 0 N–H and O–H groups in total. The Kier molecular flexibility index (Phi) is 7.15. The molecule has 1 spiro atoms. The first kappa shape index (κ1) is 31.5. The van der Waals surface area contributed by atoms with Crippen LogP contribution in [0, 0.1) is 35.0 Å². The third kappa shape index (κ3) is 4.88. The fourth-order valence-electron chi connectivity index (χ4n) is 11.4. The van der Waals surface area contributed by atoms with E-state index in [4.69, 9.17) is 4.98 Å². The van der Waals surface area contributed by atoms with E-state index in [2.05, 4.69) is 152 Å². The number of nitrogens with zero attached hydrogens (tertiary/aromatic N) is 2. The number of hydrogen-bond donors (Lipinski definition) is 0. The molecule has 5 aliphatic rings. The number of fused-ring (bicyclic) bond motifs is 3. The third-order valence-electron chi connectivity index (χ3n) is 13.5. The van der Waals surface area contributed by atoms with Crippen LogP contribution in [0.15, 0.2) is 158 Å². The van der Waals surface area contributed by atoms with Crippen molar-refractivity contribution in [2.24, 2.45) is 23.7 Å². The van der Waals surface area contributed by atoms with Gasteiger partial charge in [-0.05, 0) is 154 Å². The first-order valence-electron chi connectivity index (χ1n) is 19.7. The zero-order chi connectivity index (χ0) is 35.8. The van der Waals surface area contributed by atoms with Gasteiger partial charge in [0.05, 0.1) is 23.0 Å². The van der Waals surface area contributed by atoms with E-state index in [1.807, 2.05) is 12.1 Å². The van der Waals surface area contributed by atoms with Crippen molar-refractivity contribution in [3.8, 4) is 73.1 Å². The highest BCUT2D eigenvalue weighted by atomic mass is 14.7. The van der Waals surface area contributed by atoms with Crippen molar-refractivity contribution < 1.29 is 0 Å². The quantitative estimate of drug-likeness (QED) is 0.180. The van der Waals surface area contributed by atoms with E-state index in [1.54, 1.807) is 11.1 Å². The summed E-state index contributed by atoms with van der Waals surface area (Å²) in [7, 11) is 0. The summed E-state index contributed by atoms with van der Waals surface area (Å²) in [5.74, 6) is 3.12. The number of benzene rings is 6. The maximum atomic E-state index is 9.44. The molecule has 1 heterocycles. The Hall–Kier alpha value is -6.04. The highest BCUT2D eigenvalue weighted by Crippen LogP contribution is 2.69. The third-order valence-corrected chi connectivity index (χ3v) is 13.5. The van der Waals surface area contributed by atoms with E-state index in [0.717, 1.165) is 34.4 Å². The lowest BCUT2D eigenvalue weighted by Crippen LogP contribution is -2.55. The molecule has 54 heavy (non-hydrogen) atoms. The van der Waals surface area contributed by atoms with Crippen LogP contribution < -0.4 is 0 Å². The molecule has 12 rings (SSSR count). The predicted molar refractivity (Wildman–Crippen MR) is 219 cm³/mol. The van der Waals surface area contributed by atoms with Crippen molar-refractivity contribution in [3.05, 3.63) is 174 Å². The van der Waals surface area contributed by atoms with Gasteiger partial charge in [0.25, 0.3) is 0 Å². The van der Waals surface area contributed by atoms with Gasteiger partial charge in [0, 0.05) is 16.5 Å². The predicted octanol–water partition coefficient (Wildman–Crippen LogP) is 13.0. The van der Waals surface area contributed by atoms with Gasteiger partial charge in [-0.2, -0.15) is 5.26 Å². The average Bonchev–Trinajstić information content (AvgIpc) is 3.52. The molecule has 258 valence electrons. The molecule has 0 saturated heterocycles. The van der Waals surface area contributed by atoms with Gasteiger partial charge in [-0.3, -0.25) is 0 Å². The van der Waals surface area contributed by atoms with E-state index in [1.165, 1.54) is 76.6 Å². The molecule has 2 heteroatoms. The fraction of sp³-hybridized carbons (Fsp3) is 0.192. The summed E-state index contributed by atoms with van der Waals surface area (Å²) in [5.41, 5.74) is 18.3. The van der Waals surface area contributed by atoms with E-state index in [-0.39, 0.29) is 5.41 Å². The van der Waals surface area contributed by atoms with Gasteiger partial charge in [-0.15, -0.1) is 0 Å². The number of aromatic nitrogens is 1. The zero-order valence-electron chi connectivity index (χ0n) is 30.3. The van der Waals surface area contributed by atoms with Crippen molar-refractivity contribution in [1.29, 1.82) is 5.26 Å². The van der Waals surface area contributed by atoms with E-state index in [0.29, 0.717) is 17.4 Å². The first-order chi connectivity index (χ1) is 26.6. The standard InChI is InChI=1S/C52H40N2/c53-32-33-14-16-36(17-15-33)41-18-20-46-47-21-19-42(29-49(47)52(48(46)28-41)44-23-34-22-35(25-44)26-45(52)24-34)39-12-7-13-40(27-39)43-30-50(37-8-3-1-4-9-37)54-51(31-43)38-10-5-2-6-11-38/h1-21,27-31,34-35,44-45H,22-26H2. The van der Waals surface area contributed by atoms with Gasteiger partial charge in [0.2, 0.25) is 0 Å². The maximum absolute atomic E-state index is 9.44. The Morgan fingerprint density at radius 2 is 0.889 bits per heavy atom.